The van der Waals surface area contributed by atoms with Gasteiger partial charge in [0.05, 0.1) is 36.2 Å². The zero-order valence-corrected chi connectivity index (χ0v) is 20.4. The summed E-state index contributed by atoms with van der Waals surface area (Å²) in [6.45, 7) is 0.124. The van der Waals surface area contributed by atoms with Crippen LogP contribution in [0.5, 0.6) is 11.6 Å². The highest BCUT2D eigenvalue weighted by Gasteiger charge is 2.40. The van der Waals surface area contributed by atoms with E-state index < -0.39 is 16.2 Å². The van der Waals surface area contributed by atoms with E-state index in [1.54, 1.807) is 35.4 Å². The number of guanidine groups is 1. The zero-order chi connectivity index (χ0) is 25.6. The Bertz CT molecular complexity index is 1570. The molecule has 0 saturated carbocycles. The number of fused-ring (bicyclic) bond motifs is 2. The van der Waals surface area contributed by atoms with Crippen LogP contribution < -0.4 is 20.5 Å². The second-order valence-corrected chi connectivity index (χ2v) is 10.6. The smallest absolute Gasteiger partial charge is 0.265 e. The van der Waals surface area contributed by atoms with Crippen LogP contribution >= 0.6 is 0 Å². The van der Waals surface area contributed by atoms with E-state index in [-0.39, 0.29) is 23.4 Å². The monoisotopic (exact) mass is 516 g/mol. The molecule has 12 heteroatoms. The fraction of sp³-hybridized carbons (Fsp3) is 0.160. The molecule has 0 saturated heterocycles. The number of nitrogens with one attached hydrogen (secondary N) is 1. The first-order chi connectivity index (χ1) is 17.9. The van der Waals surface area contributed by atoms with Crippen molar-refractivity contribution in [2.75, 3.05) is 10.8 Å². The zero-order valence-electron chi connectivity index (χ0n) is 19.6. The minimum atomic E-state index is -3.97. The van der Waals surface area contributed by atoms with Gasteiger partial charge in [-0.2, -0.15) is 10.1 Å². The molecule has 2 aliphatic heterocycles. The van der Waals surface area contributed by atoms with Gasteiger partial charge in [-0.3, -0.25) is 9.40 Å². The Morgan fingerprint density at radius 2 is 1.78 bits per heavy atom. The standard InChI is InChI=1S/C25H24N8O3S/c26-23-20-14-29-31-24(20)30-25(27)33(23)17-12-16-6-4-5-9-21(16)32(15-17)37(34,35)19-10-11-22(28-13-19)36-18-7-2-1-3-8-18/h1-11,13-14,17,23H,12,15,26H2,(H3,27,29,30,31). The van der Waals surface area contributed by atoms with E-state index in [0.717, 1.165) is 5.56 Å². The summed E-state index contributed by atoms with van der Waals surface area (Å²) in [6.07, 6.45) is 2.84. The van der Waals surface area contributed by atoms with E-state index in [0.29, 0.717) is 35.1 Å². The average Bonchev–Trinajstić information content (AvgIpc) is 3.38. The van der Waals surface area contributed by atoms with Gasteiger partial charge < -0.3 is 21.1 Å². The van der Waals surface area contributed by atoms with Crippen molar-refractivity contribution < 1.29 is 13.2 Å². The van der Waals surface area contributed by atoms with Gasteiger partial charge in [0.2, 0.25) is 5.88 Å². The van der Waals surface area contributed by atoms with Gasteiger partial charge >= 0.3 is 0 Å². The van der Waals surface area contributed by atoms with E-state index in [1.807, 2.05) is 36.4 Å². The van der Waals surface area contributed by atoms with Crippen LogP contribution in [0.1, 0.15) is 17.3 Å². The quantitative estimate of drug-likeness (QED) is 0.365. The summed E-state index contributed by atoms with van der Waals surface area (Å²) in [5, 5.41) is 6.80. The molecule has 2 aromatic heterocycles. The molecule has 0 spiro atoms. The number of aromatic amines is 1. The Morgan fingerprint density at radius 3 is 2.57 bits per heavy atom. The van der Waals surface area contributed by atoms with Crippen LogP contribution in [-0.2, 0) is 16.4 Å². The predicted octanol–water partition coefficient (Wildman–Crippen LogP) is 2.64. The van der Waals surface area contributed by atoms with E-state index >= 15 is 0 Å². The molecule has 11 nitrogen and oxygen atoms in total. The number of H-pyrrole nitrogens is 1. The largest absolute Gasteiger partial charge is 0.439 e. The summed E-state index contributed by atoms with van der Waals surface area (Å²) < 4.78 is 34.9. The number of aliphatic imine (C=N–C) groups is 1. The normalized spacial score (nSPS) is 19.1. The van der Waals surface area contributed by atoms with Gasteiger partial charge in [0.1, 0.15) is 16.8 Å². The molecule has 0 radical (unpaired) electrons. The first-order valence-electron chi connectivity index (χ1n) is 11.6. The molecule has 4 heterocycles. The molecule has 2 aliphatic rings. The molecule has 2 atom stereocenters. The lowest BCUT2D eigenvalue weighted by Gasteiger charge is -2.44. The number of pyridine rings is 1. The number of ether oxygens (including phenoxy) is 1. The number of hydrogen-bond acceptors (Lipinski definition) is 9. The maximum atomic E-state index is 13.9. The molecule has 0 aliphatic carbocycles. The molecule has 0 fully saturated rings. The van der Waals surface area contributed by atoms with E-state index in [2.05, 4.69) is 20.2 Å². The Balaban J connectivity index is 1.32. The van der Waals surface area contributed by atoms with Crippen LogP contribution in [0.15, 0.2) is 89.0 Å². The van der Waals surface area contributed by atoms with E-state index in [1.165, 1.54) is 16.6 Å². The molecule has 37 heavy (non-hydrogen) atoms. The van der Waals surface area contributed by atoms with Gasteiger partial charge in [0.15, 0.2) is 11.8 Å². The molecule has 6 rings (SSSR count). The van der Waals surface area contributed by atoms with Crippen LogP contribution in [0.2, 0.25) is 0 Å². The van der Waals surface area contributed by atoms with Crippen LogP contribution in [0.3, 0.4) is 0 Å². The predicted molar refractivity (Wildman–Crippen MR) is 138 cm³/mol. The number of nitrogens with two attached hydrogens (primary N) is 2. The molecule has 5 N–H and O–H groups in total. The van der Waals surface area contributed by atoms with Crippen molar-refractivity contribution in [3.05, 3.63) is 90.3 Å². The van der Waals surface area contributed by atoms with Crippen molar-refractivity contribution in [1.29, 1.82) is 0 Å². The Labute approximate surface area is 213 Å². The third-order valence-electron chi connectivity index (χ3n) is 6.51. The number of para-hydroxylation sites is 2. The topological polar surface area (TPSA) is 156 Å². The third kappa shape index (κ3) is 4.05. The van der Waals surface area contributed by atoms with Crippen LogP contribution in [0, 0.1) is 0 Å². The van der Waals surface area contributed by atoms with Crippen LogP contribution in [-0.4, -0.2) is 47.0 Å². The fourth-order valence-electron chi connectivity index (χ4n) is 4.74. The number of nitrogens with zero attached hydrogens (tertiary/aromatic N) is 5. The maximum Gasteiger partial charge on any atom is 0.265 e. The van der Waals surface area contributed by atoms with Crippen molar-refractivity contribution in [3.8, 4) is 11.6 Å². The summed E-state index contributed by atoms with van der Waals surface area (Å²) in [5.74, 6) is 1.61. The van der Waals surface area contributed by atoms with Gasteiger partial charge in [-0.15, -0.1) is 0 Å². The molecule has 2 unspecified atom stereocenters. The number of anilines is 1. The van der Waals surface area contributed by atoms with Crippen molar-refractivity contribution in [3.63, 3.8) is 0 Å². The second-order valence-electron chi connectivity index (χ2n) is 8.77. The summed E-state index contributed by atoms with van der Waals surface area (Å²) in [7, 11) is -3.97. The highest BCUT2D eigenvalue weighted by molar-refractivity contribution is 7.92. The summed E-state index contributed by atoms with van der Waals surface area (Å²) >= 11 is 0. The lowest BCUT2D eigenvalue weighted by Crippen LogP contribution is -2.57. The van der Waals surface area contributed by atoms with Gasteiger partial charge in [-0.25, -0.2) is 13.4 Å². The van der Waals surface area contributed by atoms with E-state index in [9.17, 15) is 8.42 Å². The van der Waals surface area contributed by atoms with Crippen LogP contribution in [0.4, 0.5) is 11.5 Å². The number of hydrogen-bond donors (Lipinski definition) is 3. The Morgan fingerprint density at radius 1 is 1.00 bits per heavy atom. The average molecular weight is 517 g/mol. The number of sulfonamides is 1. The number of benzene rings is 2. The highest BCUT2D eigenvalue weighted by Crippen LogP contribution is 2.37. The highest BCUT2D eigenvalue weighted by atomic mass is 32.2. The van der Waals surface area contributed by atoms with E-state index in [4.69, 9.17) is 16.2 Å². The SMILES string of the molecule is NC1=Nc2[nH]ncc2C(N)N1C1Cc2ccccc2N(S(=O)(=O)c2ccc(Oc3ccccc3)nc2)C1. The summed E-state index contributed by atoms with van der Waals surface area (Å²) in [4.78, 5) is 10.4. The number of rotatable bonds is 5. The lowest BCUT2D eigenvalue weighted by molar-refractivity contribution is 0.233. The van der Waals surface area contributed by atoms with Gasteiger partial charge in [-0.1, -0.05) is 36.4 Å². The molecular weight excluding hydrogens is 492 g/mol. The van der Waals surface area contributed by atoms with Crippen molar-refractivity contribution in [2.24, 2.45) is 16.5 Å². The minimum Gasteiger partial charge on any atom is -0.439 e. The van der Waals surface area contributed by atoms with Crippen molar-refractivity contribution in [2.45, 2.75) is 23.5 Å². The fourth-order valence-corrected chi connectivity index (χ4v) is 6.22. The van der Waals surface area contributed by atoms with Crippen molar-refractivity contribution in [1.82, 2.24) is 20.1 Å². The Hall–Kier alpha value is -4.42. The first kappa shape index (κ1) is 23.0. The summed E-state index contributed by atoms with van der Waals surface area (Å²) in [6, 6.07) is 19.2. The van der Waals surface area contributed by atoms with Crippen LogP contribution in [0.25, 0.3) is 0 Å². The number of aromatic nitrogens is 3. The molecule has 0 bridgehead atoms. The van der Waals surface area contributed by atoms with Gasteiger partial charge in [-0.05, 0) is 36.2 Å². The lowest BCUT2D eigenvalue weighted by atomic mass is 9.97. The third-order valence-corrected chi connectivity index (χ3v) is 8.27. The Kier molecular flexibility index (Phi) is 5.54. The second kappa shape index (κ2) is 8.91. The minimum absolute atomic E-state index is 0.0464. The van der Waals surface area contributed by atoms with Crippen molar-refractivity contribution >= 4 is 27.5 Å². The first-order valence-corrected chi connectivity index (χ1v) is 13.1. The molecule has 188 valence electrons. The molecule has 0 amide bonds. The van der Waals surface area contributed by atoms with Gasteiger partial charge in [0.25, 0.3) is 10.0 Å². The maximum absolute atomic E-state index is 13.9. The summed E-state index contributed by atoms with van der Waals surface area (Å²) in [5.41, 5.74) is 15.0. The molecule has 4 aromatic rings. The van der Waals surface area contributed by atoms with Gasteiger partial charge in [0, 0.05) is 6.07 Å². The molecular formula is C25H24N8O3S. The molecule has 2 aromatic carbocycles.